The fourth-order valence-corrected chi connectivity index (χ4v) is 4.04. The molecule has 0 radical (unpaired) electrons. The third-order valence-electron chi connectivity index (χ3n) is 5.81. The number of nitrogens with one attached hydrogen (secondary N) is 1. The van der Waals surface area contributed by atoms with Crippen LogP contribution >= 0.6 is 0 Å². The molecule has 2 aromatic rings. The summed E-state index contributed by atoms with van der Waals surface area (Å²) in [5.74, 6) is 0.0547. The van der Waals surface area contributed by atoms with Crippen molar-refractivity contribution in [3.05, 3.63) is 65.2 Å². The number of carbonyl (C=O) groups is 3. The highest BCUT2D eigenvalue weighted by molar-refractivity contribution is 5.97. The predicted octanol–water partition coefficient (Wildman–Crippen LogP) is 3.37. The molecule has 6 heteroatoms. The molecule has 156 valence electrons. The first-order chi connectivity index (χ1) is 14.6. The number of benzene rings is 2. The smallest absolute Gasteiger partial charge is 0.253 e. The maximum atomic E-state index is 12.5. The Hall–Kier alpha value is -3.15. The molecule has 6 nitrogen and oxygen atoms in total. The van der Waals surface area contributed by atoms with Gasteiger partial charge in [0, 0.05) is 49.4 Å². The van der Waals surface area contributed by atoms with Crippen LogP contribution < -0.4 is 10.2 Å². The van der Waals surface area contributed by atoms with Crippen molar-refractivity contribution in [2.75, 3.05) is 24.5 Å². The first kappa shape index (κ1) is 20.1. The fourth-order valence-electron chi connectivity index (χ4n) is 4.04. The van der Waals surface area contributed by atoms with Crippen LogP contribution in [-0.4, -0.2) is 42.3 Å². The number of piperidine rings is 1. The van der Waals surface area contributed by atoms with E-state index in [0.717, 1.165) is 50.1 Å². The lowest BCUT2D eigenvalue weighted by molar-refractivity contribution is -0.117. The molecule has 1 N–H and O–H groups in total. The van der Waals surface area contributed by atoms with Crippen LogP contribution in [0.1, 0.15) is 58.4 Å². The number of rotatable bonds is 5. The highest BCUT2D eigenvalue weighted by Crippen LogP contribution is 2.21. The predicted molar refractivity (Wildman–Crippen MR) is 115 cm³/mol. The van der Waals surface area contributed by atoms with Gasteiger partial charge in [-0.05, 0) is 67.6 Å². The second kappa shape index (κ2) is 9.11. The molecule has 0 aromatic heterocycles. The lowest BCUT2D eigenvalue weighted by Gasteiger charge is -2.26. The molecular weight excluding hydrogens is 378 g/mol. The van der Waals surface area contributed by atoms with Gasteiger partial charge < -0.3 is 15.1 Å². The molecule has 4 rings (SSSR count). The molecule has 2 aliphatic heterocycles. The van der Waals surface area contributed by atoms with Gasteiger partial charge in [0.15, 0.2) is 0 Å². The van der Waals surface area contributed by atoms with Crippen molar-refractivity contribution < 1.29 is 14.4 Å². The summed E-state index contributed by atoms with van der Waals surface area (Å²) in [5, 5.41) is 2.91. The Labute approximate surface area is 176 Å². The Bertz CT molecular complexity index is 916. The Morgan fingerprint density at radius 2 is 1.47 bits per heavy atom. The molecule has 2 aliphatic rings. The van der Waals surface area contributed by atoms with E-state index in [1.807, 2.05) is 41.3 Å². The van der Waals surface area contributed by atoms with Crippen molar-refractivity contribution in [1.82, 2.24) is 10.2 Å². The summed E-state index contributed by atoms with van der Waals surface area (Å²) in [6, 6.07) is 14.6. The van der Waals surface area contributed by atoms with Crippen molar-refractivity contribution in [2.45, 2.75) is 38.6 Å². The zero-order valence-corrected chi connectivity index (χ0v) is 17.1. The van der Waals surface area contributed by atoms with Crippen LogP contribution in [0.15, 0.2) is 48.5 Å². The van der Waals surface area contributed by atoms with Gasteiger partial charge in [0.25, 0.3) is 11.8 Å². The summed E-state index contributed by atoms with van der Waals surface area (Å²) < 4.78 is 0. The van der Waals surface area contributed by atoms with Crippen molar-refractivity contribution in [3.8, 4) is 0 Å². The molecular formula is C24H27N3O3. The summed E-state index contributed by atoms with van der Waals surface area (Å²) in [5.41, 5.74) is 3.03. The number of carbonyl (C=O) groups excluding carboxylic acids is 3. The van der Waals surface area contributed by atoms with Crippen molar-refractivity contribution in [1.29, 1.82) is 0 Å². The average Bonchev–Trinajstić information content (AvgIpc) is 3.24. The van der Waals surface area contributed by atoms with Gasteiger partial charge in [0.1, 0.15) is 0 Å². The van der Waals surface area contributed by atoms with Gasteiger partial charge in [-0.3, -0.25) is 14.4 Å². The van der Waals surface area contributed by atoms with E-state index < -0.39 is 0 Å². The highest BCUT2D eigenvalue weighted by Gasteiger charge is 2.22. The topological polar surface area (TPSA) is 69.7 Å². The average molecular weight is 405 g/mol. The molecule has 2 saturated heterocycles. The molecule has 2 fully saturated rings. The monoisotopic (exact) mass is 405 g/mol. The number of hydrogen-bond donors (Lipinski definition) is 1. The van der Waals surface area contributed by atoms with E-state index in [0.29, 0.717) is 24.1 Å². The lowest BCUT2D eigenvalue weighted by Crippen LogP contribution is -2.35. The van der Waals surface area contributed by atoms with Crippen LogP contribution in [0.2, 0.25) is 0 Å². The molecule has 0 unspecified atom stereocenters. The molecule has 0 bridgehead atoms. The first-order valence-corrected chi connectivity index (χ1v) is 10.7. The van der Waals surface area contributed by atoms with Gasteiger partial charge in [-0.1, -0.05) is 12.1 Å². The van der Waals surface area contributed by atoms with E-state index in [2.05, 4.69) is 5.32 Å². The number of anilines is 1. The maximum Gasteiger partial charge on any atom is 0.253 e. The Balaban J connectivity index is 1.31. The minimum Gasteiger partial charge on any atom is -0.348 e. The summed E-state index contributed by atoms with van der Waals surface area (Å²) in [6.45, 7) is 2.80. The number of nitrogens with zero attached hydrogens (tertiary/aromatic N) is 2. The lowest BCUT2D eigenvalue weighted by atomic mass is 10.1. The summed E-state index contributed by atoms with van der Waals surface area (Å²) in [7, 11) is 0. The van der Waals surface area contributed by atoms with E-state index in [1.165, 1.54) is 6.42 Å². The Morgan fingerprint density at radius 3 is 2.10 bits per heavy atom. The number of likely N-dealkylation sites (tertiary alicyclic amines) is 1. The van der Waals surface area contributed by atoms with Crippen LogP contribution in [0.5, 0.6) is 0 Å². The van der Waals surface area contributed by atoms with Crippen LogP contribution in [0, 0.1) is 0 Å². The molecule has 0 atom stereocenters. The molecule has 0 saturated carbocycles. The van der Waals surface area contributed by atoms with Gasteiger partial charge in [0.2, 0.25) is 5.91 Å². The Morgan fingerprint density at radius 1 is 0.800 bits per heavy atom. The molecule has 30 heavy (non-hydrogen) atoms. The molecule has 0 spiro atoms. The fraction of sp³-hybridized carbons (Fsp3) is 0.375. The normalized spacial score (nSPS) is 16.6. The van der Waals surface area contributed by atoms with E-state index >= 15 is 0 Å². The largest absolute Gasteiger partial charge is 0.348 e. The summed E-state index contributed by atoms with van der Waals surface area (Å²) in [4.78, 5) is 40.5. The van der Waals surface area contributed by atoms with Crippen molar-refractivity contribution >= 4 is 23.4 Å². The zero-order valence-electron chi connectivity index (χ0n) is 17.1. The van der Waals surface area contributed by atoms with Gasteiger partial charge in [0.05, 0.1) is 0 Å². The van der Waals surface area contributed by atoms with E-state index in [1.54, 1.807) is 17.0 Å². The van der Waals surface area contributed by atoms with E-state index in [9.17, 15) is 14.4 Å². The summed E-state index contributed by atoms with van der Waals surface area (Å²) in [6.07, 6.45) is 4.81. The standard InChI is InChI=1S/C24H27N3O3/c28-22-5-4-16-27(22)21-12-10-19(11-13-21)23(29)25-17-18-6-8-20(9-7-18)24(30)26-14-2-1-3-15-26/h6-13H,1-5,14-17H2,(H,25,29). The molecule has 2 aromatic carbocycles. The minimum atomic E-state index is -0.164. The second-order valence-electron chi connectivity index (χ2n) is 7.93. The van der Waals surface area contributed by atoms with Gasteiger partial charge in [-0.2, -0.15) is 0 Å². The third kappa shape index (κ3) is 4.53. The second-order valence-corrected chi connectivity index (χ2v) is 7.93. The van der Waals surface area contributed by atoms with Crippen molar-refractivity contribution in [3.63, 3.8) is 0 Å². The van der Waals surface area contributed by atoms with Crippen molar-refractivity contribution in [2.24, 2.45) is 0 Å². The highest BCUT2D eigenvalue weighted by atomic mass is 16.2. The zero-order chi connectivity index (χ0) is 20.9. The number of hydrogen-bond acceptors (Lipinski definition) is 3. The third-order valence-corrected chi connectivity index (χ3v) is 5.81. The molecule has 3 amide bonds. The maximum absolute atomic E-state index is 12.5. The van der Waals surface area contributed by atoms with Gasteiger partial charge in [-0.25, -0.2) is 0 Å². The summed E-state index contributed by atoms with van der Waals surface area (Å²) >= 11 is 0. The number of amides is 3. The molecule has 0 aliphatic carbocycles. The van der Waals surface area contributed by atoms with Gasteiger partial charge >= 0.3 is 0 Å². The molecule has 2 heterocycles. The van der Waals surface area contributed by atoms with Crippen LogP contribution in [-0.2, 0) is 11.3 Å². The van der Waals surface area contributed by atoms with Crippen LogP contribution in [0.3, 0.4) is 0 Å². The van der Waals surface area contributed by atoms with Crippen LogP contribution in [0.25, 0.3) is 0 Å². The first-order valence-electron chi connectivity index (χ1n) is 10.7. The minimum absolute atomic E-state index is 0.0851. The van der Waals surface area contributed by atoms with E-state index in [-0.39, 0.29) is 17.7 Å². The Kier molecular flexibility index (Phi) is 6.12. The quantitative estimate of drug-likeness (QED) is 0.829. The SMILES string of the molecule is O=C(NCc1ccc(C(=O)N2CCCCC2)cc1)c1ccc(N2CCCC2=O)cc1. The van der Waals surface area contributed by atoms with Gasteiger partial charge in [-0.15, -0.1) is 0 Å². The van der Waals surface area contributed by atoms with Crippen LogP contribution in [0.4, 0.5) is 5.69 Å². The van der Waals surface area contributed by atoms with E-state index in [4.69, 9.17) is 0 Å².